The van der Waals surface area contributed by atoms with Gasteiger partial charge in [-0.05, 0) is 48.9 Å². The second-order valence-corrected chi connectivity index (χ2v) is 9.56. The Morgan fingerprint density at radius 2 is 1.81 bits per heavy atom. The third-order valence-corrected chi connectivity index (χ3v) is 6.84. The molecule has 1 N–H and O–H groups in total. The molecule has 1 fully saturated rings. The quantitative estimate of drug-likeness (QED) is 0.575. The van der Waals surface area contributed by atoms with Crippen molar-refractivity contribution in [3.05, 3.63) is 53.6 Å². The van der Waals surface area contributed by atoms with Crippen LogP contribution in [0.2, 0.25) is 5.02 Å². The van der Waals surface area contributed by atoms with E-state index >= 15 is 0 Å². The number of carbonyl (C=O) groups is 1. The Balaban J connectivity index is 1.46. The van der Waals surface area contributed by atoms with Crippen molar-refractivity contribution in [3.8, 4) is 5.75 Å². The molecule has 0 bridgehead atoms. The van der Waals surface area contributed by atoms with Crippen molar-refractivity contribution < 1.29 is 17.9 Å². The number of hydrogen-bond acceptors (Lipinski definition) is 5. The molecule has 2 aromatic carbocycles. The molecule has 0 atom stereocenters. The molecule has 9 heteroatoms. The minimum absolute atomic E-state index is 0.0853. The average molecular weight is 466 g/mol. The molecule has 0 spiro atoms. The smallest absolute Gasteiger partial charge is 0.260 e. The Bertz CT molecular complexity index is 975. The third kappa shape index (κ3) is 6.59. The maximum atomic E-state index is 12.5. The highest BCUT2D eigenvalue weighted by molar-refractivity contribution is 7.89. The first-order valence-electron chi connectivity index (χ1n) is 10.4. The lowest BCUT2D eigenvalue weighted by Gasteiger charge is -2.36. The van der Waals surface area contributed by atoms with Crippen LogP contribution in [0.3, 0.4) is 0 Å². The van der Waals surface area contributed by atoms with Crippen LogP contribution in [-0.4, -0.2) is 58.6 Å². The molecule has 1 amide bonds. The fraction of sp³-hybridized carbons (Fsp3) is 0.409. The number of piperazine rings is 1. The van der Waals surface area contributed by atoms with Gasteiger partial charge in [0.2, 0.25) is 10.0 Å². The van der Waals surface area contributed by atoms with Crippen LogP contribution in [0.5, 0.6) is 5.75 Å². The molecule has 31 heavy (non-hydrogen) atoms. The summed E-state index contributed by atoms with van der Waals surface area (Å²) in [5, 5.41) is 0.694. The number of nitrogens with zero attached hydrogens (tertiary/aromatic N) is 2. The van der Waals surface area contributed by atoms with Crippen molar-refractivity contribution in [3.63, 3.8) is 0 Å². The summed E-state index contributed by atoms with van der Waals surface area (Å²) in [6, 6.07) is 13.8. The van der Waals surface area contributed by atoms with Crippen molar-refractivity contribution >= 4 is 33.2 Å². The average Bonchev–Trinajstić information content (AvgIpc) is 2.78. The minimum Gasteiger partial charge on any atom is -0.484 e. The zero-order chi connectivity index (χ0) is 22.3. The van der Waals surface area contributed by atoms with Crippen molar-refractivity contribution in [1.29, 1.82) is 0 Å². The number of unbranched alkanes of at least 4 members (excludes halogenated alkanes) is 1. The van der Waals surface area contributed by atoms with E-state index in [9.17, 15) is 13.2 Å². The molecule has 7 nitrogen and oxygen atoms in total. The van der Waals surface area contributed by atoms with Gasteiger partial charge in [-0.1, -0.05) is 31.0 Å². The van der Waals surface area contributed by atoms with Gasteiger partial charge in [0.15, 0.2) is 6.61 Å². The topological polar surface area (TPSA) is 78.9 Å². The second kappa shape index (κ2) is 10.8. The van der Waals surface area contributed by atoms with Gasteiger partial charge in [0.1, 0.15) is 5.75 Å². The van der Waals surface area contributed by atoms with Crippen LogP contribution in [0.1, 0.15) is 19.8 Å². The predicted molar refractivity (Wildman–Crippen MR) is 122 cm³/mol. The van der Waals surface area contributed by atoms with Gasteiger partial charge in [-0.25, -0.2) is 13.1 Å². The lowest BCUT2D eigenvalue weighted by atomic mass is 10.2. The fourth-order valence-corrected chi connectivity index (χ4v) is 4.56. The molecule has 0 saturated carbocycles. The van der Waals surface area contributed by atoms with Crippen molar-refractivity contribution in [1.82, 2.24) is 9.62 Å². The minimum atomic E-state index is -3.52. The van der Waals surface area contributed by atoms with Crippen LogP contribution in [0.4, 0.5) is 5.69 Å². The second-order valence-electron chi connectivity index (χ2n) is 7.36. The lowest BCUT2D eigenvalue weighted by molar-refractivity contribution is -0.133. The van der Waals surface area contributed by atoms with E-state index in [-0.39, 0.29) is 17.4 Å². The lowest BCUT2D eigenvalue weighted by Crippen LogP contribution is -2.50. The van der Waals surface area contributed by atoms with Gasteiger partial charge in [0, 0.05) is 43.4 Å². The van der Waals surface area contributed by atoms with Crippen molar-refractivity contribution in [2.45, 2.75) is 24.7 Å². The number of hydrogen-bond donors (Lipinski definition) is 1. The first-order chi connectivity index (χ1) is 14.9. The zero-order valence-electron chi connectivity index (χ0n) is 17.6. The summed E-state index contributed by atoms with van der Waals surface area (Å²) in [6.07, 6.45) is 1.70. The molecule has 1 aliphatic heterocycles. The molecule has 1 saturated heterocycles. The van der Waals surface area contributed by atoms with E-state index in [1.165, 1.54) is 12.1 Å². The molecule has 0 unspecified atom stereocenters. The van der Waals surface area contributed by atoms with Crippen LogP contribution in [0.25, 0.3) is 0 Å². The summed E-state index contributed by atoms with van der Waals surface area (Å²) in [6.45, 7) is 4.99. The van der Waals surface area contributed by atoms with E-state index in [4.69, 9.17) is 16.3 Å². The number of rotatable bonds is 9. The summed E-state index contributed by atoms with van der Waals surface area (Å²) < 4.78 is 32.6. The van der Waals surface area contributed by atoms with Crippen LogP contribution < -0.4 is 14.4 Å². The van der Waals surface area contributed by atoms with E-state index in [0.29, 0.717) is 30.4 Å². The Kier molecular flexibility index (Phi) is 8.17. The number of anilines is 1. The molecule has 168 valence electrons. The molecular weight excluding hydrogens is 438 g/mol. The highest BCUT2D eigenvalue weighted by Gasteiger charge is 2.22. The van der Waals surface area contributed by atoms with Crippen LogP contribution >= 0.6 is 11.6 Å². The van der Waals surface area contributed by atoms with Crippen molar-refractivity contribution in [2.75, 3.05) is 44.2 Å². The number of carbonyl (C=O) groups excluding carboxylic acids is 1. The molecule has 2 aromatic rings. The van der Waals surface area contributed by atoms with E-state index < -0.39 is 10.0 Å². The summed E-state index contributed by atoms with van der Waals surface area (Å²) >= 11 is 6.06. The zero-order valence-corrected chi connectivity index (χ0v) is 19.2. The summed E-state index contributed by atoms with van der Waals surface area (Å²) in [5.41, 5.74) is 1.05. The summed E-state index contributed by atoms with van der Waals surface area (Å²) in [4.78, 5) is 16.7. The first-order valence-corrected chi connectivity index (χ1v) is 12.3. The molecule has 0 radical (unpaired) electrons. The maximum Gasteiger partial charge on any atom is 0.260 e. The van der Waals surface area contributed by atoms with Crippen LogP contribution in [-0.2, 0) is 14.8 Å². The van der Waals surface area contributed by atoms with Gasteiger partial charge >= 0.3 is 0 Å². The van der Waals surface area contributed by atoms with Gasteiger partial charge < -0.3 is 14.5 Å². The monoisotopic (exact) mass is 465 g/mol. The molecular formula is C22H28ClN3O4S. The number of amides is 1. The molecule has 1 aliphatic rings. The Labute approximate surface area is 189 Å². The third-order valence-electron chi connectivity index (χ3n) is 5.12. The molecule has 3 rings (SSSR count). The standard InChI is InChI=1S/C22H28ClN3O4S/c1-2-3-11-24-31(28,29)21-9-7-20(8-10-21)30-17-22(27)26-14-12-25(13-15-26)19-6-4-5-18(23)16-19/h4-10,16,24H,2-3,11-15,17H2,1H3. The largest absolute Gasteiger partial charge is 0.484 e. The van der Waals surface area contributed by atoms with Gasteiger partial charge in [-0.15, -0.1) is 0 Å². The number of nitrogens with one attached hydrogen (secondary N) is 1. The fourth-order valence-electron chi connectivity index (χ4n) is 3.30. The molecule has 1 heterocycles. The van der Waals surface area contributed by atoms with Gasteiger partial charge in [0.05, 0.1) is 4.90 Å². The Morgan fingerprint density at radius 1 is 1.10 bits per heavy atom. The van der Waals surface area contributed by atoms with Crippen LogP contribution in [0.15, 0.2) is 53.4 Å². The Hall–Kier alpha value is -2.29. The number of ether oxygens (including phenoxy) is 1. The van der Waals surface area contributed by atoms with Gasteiger partial charge in [-0.3, -0.25) is 4.79 Å². The van der Waals surface area contributed by atoms with Crippen LogP contribution in [0, 0.1) is 0 Å². The number of sulfonamides is 1. The Morgan fingerprint density at radius 3 is 2.45 bits per heavy atom. The maximum absolute atomic E-state index is 12.5. The van der Waals surface area contributed by atoms with E-state index in [1.54, 1.807) is 17.0 Å². The number of benzene rings is 2. The molecule has 0 aliphatic carbocycles. The highest BCUT2D eigenvalue weighted by Crippen LogP contribution is 2.21. The van der Waals surface area contributed by atoms with E-state index in [0.717, 1.165) is 31.6 Å². The first kappa shape index (κ1) is 23.4. The van der Waals surface area contributed by atoms with Gasteiger partial charge in [0.25, 0.3) is 5.91 Å². The normalized spacial score (nSPS) is 14.5. The molecule has 0 aromatic heterocycles. The van der Waals surface area contributed by atoms with Gasteiger partial charge in [-0.2, -0.15) is 0 Å². The number of halogens is 1. The summed E-state index contributed by atoms with van der Waals surface area (Å²) in [7, 11) is -3.52. The SMILES string of the molecule is CCCCNS(=O)(=O)c1ccc(OCC(=O)N2CCN(c3cccc(Cl)c3)CC2)cc1. The van der Waals surface area contributed by atoms with E-state index in [1.807, 2.05) is 31.2 Å². The summed E-state index contributed by atoms with van der Waals surface area (Å²) in [5.74, 6) is 0.363. The highest BCUT2D eigenvalue weighted by atomic mass is 35.5. The predicted octanol–water partition coefficient (Wildman–Crippen LogP) is 3.15. The van der Waals surface area contributed by atoms with E-state index in [2.05, 4.69) is 9.62 Å². The van der Waals surface area contributed by atoms with Crippen molar-refractivity contribution in [2.24, 2.45) is 0 Å².